The van der Waals surface area contributed by atoms with Gasteiger partial charge in [-0.1, -0.05) is 38.3 Å². The van der Waals surface area contributed by atoms with Gasteiger partial charge in [-0.05, 0) is 36.5 Å². The van der Waals surface area contributed by atoms with Crippen LogP contribution in [0.4, 0.5) is 0 Å². The van der Waals surface area contributed by atoms with Gasteiger partial charge >= 0.3 is 0 Å². The van der Waals surface area contributed by atoms with Crippen molar-refractivity contribution < 1.29 is 9.59 Å². The number of carbonyl (C=O) groups is 2. The maximum Gasteiger partial charge on any atom is 0.261 e. The first-order valence-corrected chi connectivity index (χ1v) is 8.19. The standard InChI is InChI=1S/C14H13Br2NO2/c15-7-14(4-1-5-14)8-17-12(18)10-3-2-9(16)6-11(10)13(17)19/h2-3,6H,1,4-5,7-8H2. The van der Waals surface area contributed by atoms with Crippen LogP contribution in [-0.4, -0.2) is 28.6 Å². The zero-order chi connectivity index (χ0) is 13.6. The summed E-state index contributed by atoms with van der Waals surface area (Å²) in [5, 5.41) is 0.844. The van der Waals surface area contributed by atoms with Crippen LogP contribution in [0.25, 0.3) is 0 Å². The molecule has 0 bridgehead atoms. The van der Waals surface area contributed by atoms with E-state index in [9.17, 15) is 9.59 Å². The molecule has 1 aliphatic heterocycles. The molecule has 2 aliphatic rings. The van der Waals surface area contributed by atoms with E-state index in [0.717, 1.165) is 22.6 Å². The maximum absolute atomic E-state index is 12.4. The van der Waals surface area contributed by atoms with Crippen LogP contribution in [0.1, 0.15) is 40.0 Å². The number of benzene rings is 1. The predicted octanol–water partition coefficient (Wildman–Crippen LogP) is 3.61. The van der Waals surface area contributed by atoms with E-state index in [2.05, 4.69) is 31.9 Å². The van der Waals surface area contributed by atoms with Crippen molar-refractivity contribution in [1.29, 1.82) is 0 Å². The van der Waals surface area contributed by atoms with Crippen LogP contribution < -0.4 is 0 Å². The second-order valence-corrected chi connectivity index (χ2v) is 6.85. The van der Waals surface area contributed by atoms with Crippen molar-refractivity contribution >= 4 is 43.7 Å². The zero-order valence-corrected chi connectivity index (χ0v) is 13.5. The molecule has 0 unspecified atom stereocenters. The number of imide groups is 1. The van der Waals surface area contributed by atoms with Gasteiger partial charge in [-0.25, -0.2) is 0 Å². The number of halogens is 2. The summed E-state index contributed by atoms with van der Waals surface area (Å²) in [5.74, 6) is -0.312. The minimum Gasteiger partial charge on any atom is -0.274 e. The lowest BCUT2D eigenvalue weighted by Gasteiger charge is -2.42. The summed E-state index contributed by atoms with van der Waals surface area (Å²) in [6.45, 7) is 0.530. The number of hydrogen-bond donors (Lipinski definition) is 0. The van der Waals surface area contributed by atoms with Gasteiger partial charge in [-0.15, -0.1) is 0 Å². The van der Waals surface area contributed by atoms with Crippen molar-refractivity contribution in [3.8, 4) is 0 Å². The van der Waals surface area contributed by atoms with Crippen molar-refractivity contribution in [2.24, 2.45) is 5.41 Å². The number of carbonyl (C=O) groups excluding carboxylic acids is 2. The Bertz CT molecular complexity index is 561. The van der Waals surface area contributed by atoms with Crippen LogP contribution in [0, 0.1) is 5.41 Å². The van der Waals surface area contributed by atoms with E-state index >= 15 is 0 Å². The van der Waals surface area contributed by atoms with E-state index in [-0.39, 0.29) is 17.2 Å². The summed E-state index contributed by atoms with van der Waals surface area (Å²) in [7, 11) is 0. The molecule has 0 aromatic heterocycles. The van der Waals surface area contributed by atoms with Crippen LogP contribution in [0.2, 0.25) is 0 Å². The van der Waals surface area contributed by atoms with Gasteiger partial charge < -0.3 is 0 Å². The number of nitrogens with zero attached hydrogens (tertiary/aromatic N) is 1. The molecule has 0 radical (unpaired) electrons. The molecular formula is C14H13Br2NO2. The van der Waals surface area contributed by atoms with Gasteiger partial charge in [0.25, 0.3) is 11.8 Å². The molecule has 19 heavy (non-hydrogen) atoms. The van der Waals surface area contributed by atoms with Crippen LogP contribution in [0.3, 0.4) is 0 Å². The molecule has 1 aliphatic carbocycles. The Hall–Kier alpha value is -0.680. The Labute approximate surface area is 128 Å². The third kappa shape index (κ3) is 2.07. The van der Waals surface area contributed by atoms with Crippen molar-refractivity contribution in [2.75, 3.05) is 11.9 Å². The monoisotopic (exact) mass is 385 g/mol. The fourth-order valence-electron chi connectivity index (χ4n) is 2.75. The highest BCUT2D eigenvalue weighted by atomic mass is 79.9. The molecule has 1 aromatic rings. The Balaban J connectivity index is 1.90. The van der Waals surface area contributed by atoms with Gasteiger partial charge in [-0.3, -0.25) is 14.5 Å². The topological polar surface area (TPSA) is 37.4 Å². The van der Waals surface area contributed by atoms with E-state index in [1.54, 1.807) is 18.2 Å². The largest absolute Gasteiger partial charge is 0.274 e. The molecule has 2 amide bonds. The summed E-state index contributed by atoms with van der Waals surface area (Å²) in [5.41, 5.74) is 1.13. The number of rotatable bonds is 3. The SMILES string of the molecule is O=C1c2ccc(Br)cc2C(=O)N1CC1(CBr)CCC1. The summed E-state index contributed by atoms with van der Waals surface area (Å²) in [6.07, 6.45) is 3.34. The summed E-state index contributed by atoms with van der Waals surface area (Å²) < 4.78 is 0.827. The van der Waals surface area contributed by atoms with Crippen LogP contribution in [-0.2, 0) is 0 Å². The van der Waals surface area contributed by atoms with E-state index in [0.29, 0.717) is 17.7 Å². The number of hydrogen-bond acceptors (Lipinski definition) is 2. The van der Waals surface area contributed by atoms with Crippen molar-refractivity contribution in [2.45, 2.75) is 19.3 Å². The summed E-state index contributed by atoms with van der Waals surface area (Å²) >= 11 is 6.86. The molecule has 0 atom stereocenters. The Morgan fingerprint density at radius 2 is 1.84 bits per heavy atom. The van der Waals surface area contributed by atoms with Crippen LogP contribution in [0.5, 0.6) is 0 Å². The number of fused-ring (bicyclic) bond motifs is 1. The third-order valence-electron chi connectivity index (χ3n) is 4.12. The molecule has 3 nitrogen and oxygen atoms in total. The molecule has 0 N–H and O–H groups in total. The van der Waals surface area contributed by atoms with Gasteiger partial charge in [0.1, 0.15) is 0 Å². The molecule has 1 heterocycles. The molecular weight excluding hydrogens is 374 g/mol. The molecule has 0 spiro atoms. The first-order valence-electron chi connectivity index (χ1n) is 6.28. The molecule has 1 aromatic carbocycles. The number of amides is 2. The lowest BCUT2D eigenvalue weighted by atomic mass is 9.70. The molecule has 1 saturated carbocycles. The minimum absolute atomic E-state index is 0.0879. The third-order valence-corrected chi connectivity index (χ3v) is 5.81. The smallest absolute Gasteiger partial charge is 0.261 e. The van der Waals surface area contributed by atoms with Crippen LogP contribution in [0.15, 0.2) is 22.7 Å². The van der Waals surface area contributed by atoms with E-state index in [1.165, 1.54) is 11.3 Å². The zero-order valence-electron chi connectivity index (χ0n) is 10.3. The lowest BCUT2D eigenvalue weighted by Crippen LogP contribution is -2.45. The summed E-state index contributed by atoms with van der Waals surface area (Å²) in [4.78, 5) is 26.1. The normalized spacial score (nSPS) is 20.4. The van der Waals surface area contributed by atoms with E-state index in [1.807, 2.05) is 0 Å². The van der Waals surface area contributed by atoms with Gasteiger partial charge in [0.15, 0.2) is 0 Å². The van der Waals surface area contributed by atoms with Gasteiger partial charge in [0.2, 0.25) is 0 Å². The Morgan fingerprint density at radius 1 is 1.16 bits per heavy atom. The van der Waals surface area contributed by atoms with E-state index < -0.39 is 0 Å². The quantitative estimate of drug-likeness (QED) is 0.587. The van der Waals surface area contributed by atoms with Crippen LogP contribution >= 0.6 is 31.9 Å². The van der Waals surface area contributed by atoms with Gasteiger partial charge in [0, 0.05) is 16.3 Å². The highest BCUT2D eigenvalue weighted by Gasteiger charge is 2.44. The lowest BCUT2D eigenvalue weighted by molar-refractivity contribution is 0.0487. The number of alkyl halides is 1. The molecule has 5 heteroatoms. The second kappa shape index (κ2) is 4.70. The van der Waals surface area contributed by atoms with Crippen molar-refractivity contribution in [3.63, 3.8) is 0 Å². The highest BCUT2D eigenvalue weighted by Crippen LogP contribution is 2.44. The average molecular weight is 387 g/mol. The van der Waals surface area contributed by atoms with E-state index in [4.69, 9.17) is 0 Å². The van der Waals surface area contributed by atoms with Gasteiger partial charge in [0.05, 0.1) is 11.1 Å². The first kappa shape index (κ1) is 13.3. The molecule has 0 saturated heterocycles. The molecule has 3 rings (SSSR count). The Morgan fingerprint density at radius 3 is 2.42 bits per heavy atom. The minimum atomic E-state index is -0.159. The predicted molar refractivity (Wildman–Crippen MR) is 79.6 cm³/mol. The second-order valence-electron chi connectivity index (χ2n) is 5.37. The maximum atomic E-state index is 12.4. The fraction of sp³-hybridized carbons (Fsp3) is 0.429. The van der Waals surface area contributed by atoms with Crippen molar-refractivity contribution in [1.82, 2.24) is 4.90 Å². The first-order chi connectivity index (χ1) is 9.06. The van der Waals surface area contributed by atoms with Crippen molar-refractivity contribution in [3.05, 3.63) is 33.8 Å². The average Bonchev–Trinajstić information content (AvgIpc) is 2.58. The molecule has 100 valence electrons. The highest BCUT2D eigenvalue weighted by molar-refractivity contribution is 9.10. The summed E-state index contributed by atoms with van der Waals surface area (Å²) in [6, 6.07) is 5.26. The molecule has 1 fully saturated rings. The van der Waals surface area contributed by atoms with Gasteiger partial charge in [-0.2, -0.15) is 0 Å². The fourth-order valence-corrected chi connectivity index (χ4v) is 3.85. The Kier molecular flexibility index (Phi) is 3.29.